The van der Waals surface area contributed by atoms with E-state index < -0.39 is 17.5 Å². The average molecular weight is 330 g/mol. The van der Waals surface area contributed by atoms with Gasteiger partial charge in [-0.1, -0.05) is 30.3 Å². The molecule has 1 atom stereocenters. The summed E-state index contributed by atoms with van der Waals surface area (Å²) in [5, 5.41) is 0. The third-order valence-corrected chi connectivity index (χ3v) is 4.73. The molecule has 0 bridgehead atoms. The summed E-state index contributed by atoms with van der Waals surface area (Å²) in [7, 11) is 0. The molecule has 1 aliphatic rings. The number of benzene rings is 1. The van der Waals surface area contributed by atoms with Gasteiger partial charge in [0, 0.05) is 0 Å². The van der Waals surface area contributed by atoms with Gasteiger partial charge in [-0.15, -0.1) is 0 Å². The van der Waals surface area contributed by atoms with Gasteiger partial charge in [-0.3, -0.25) is 4.79 Å². The molecule has 3 rings (SSSR count). The largest absolute Gasteiger partial charge is 0.446 e. The van der Waals surface area contributed by atoms with E-state index in [9.17, 15) is 14.0 Å². The third kappa shape index (κ3) is 2.72. The van der Waals surface area contributed by atoms with Gasteiger partial charge in [0.15, 0.2) is 17.1 Å². The Hall–Kier alpha value is -2.50. The number of hydrogen-bond acceptors (Lipinski definition) is 4. The van der Waals surface area contributed by atoms with Crippen molar-refractivity contribution in [1.82, 2.24) is 9.55 Å². The number of imidazole rings is 1. The van der Waals surface area contributed by atoms with E-state index in [-0.39, 0.29) is 17.5 Å². The summed E-state index contributed by atoms with van der Waals surface area (Å²) in [5.41, 5.74) is -0.443. The molecule has 6 heteroatoms. The maximum absolute atomic E-state index is 14.1. The van der Waals surface area contributed by atoms with E-state index in [0.717, 1.165) is 12.0 Å². The number of hydrogen-bond donors (Lipinski definition) is 0. The SMILES string of the molecule is CC(=O)C1(OC(=O)c2c(F)ncn2[C@H](C)c2ccccc2)CCC1. The van der Waals surface area contributed by atoms with Gasteiger partial charge in [0.05, 0.1) is 12.4 Å². The Balaban J connectivity index is 1.90. The molecule has 1 aromatic carbocycles. The van der Waals surface area contributed by atoms with E-state index in [4.69, 9.17) is 4.74 Å². The van der Waals surface area contributed by atoms with Crippen molar-refractivity contribution in [2.45, 2.75) is 44.8 Å². The van der Waals surface area contributed by atoms with Crippen LogP contribution in [0.3, 0.4) is 0 Å². The maximum Gasteiger partial charge on any atom is 0.360 e. The summed E-state index contributed by atoms with van der Waals surface area (Å²) in [5.74, 6) is -1.94. The van der Waals surface area contributed by atoms with Gasteiger partial charge < -0.3 is 9.30 Å². The van der Waals surface area contributed by atoms with E-state index in [1.165, 1.54) is 17.8 Å². The molecule has 1 aliphatic carbocycles. The van der Waals surface area contributed by atoms with Gasteiger partial charge in [-0.2, -0.15) is 4.39 Å². The highest BCUT2D eigenvalue weighted by atomic mass is 19.1. The summed E-state index contributed by atoms with van der Waals surface area (Å²) >= 11 is 0. The van der Waals surface area contributed by atoms with Crippen LogP contribution >= 0.6 is 0 Å². The van der Waals surface area contributed by atoms with Gasteiger partial charge in [-0.25, -0.2) is 9.78 Å². The van der Waals surface area contributed by atoms with Crippen molar-refractivity contribution in [3.63, 3.8) is 0 Å². The molecule has 1 aromatic heterocycles. The number of aromatic nitrogens is 2. The Kier molecular flexibility index (Phi) is 4.22. The molecule has 0 aliphatic heterocycles. The normalized spacial score (nSPS) is 17.0. The molecule has 24 heavy (non-hydrogen) atoms. The van der Waals surface area contributed by atoms with Crippen molar-refractivity contribution in [3.05, 3.63) is 53.9 Å². The molecule has 5 nitrogen and oxygen atoms in total. The highest BCUT2D eigenvalue weighted by molar-refractivity contribution is 5.93. The van der Waals surface area contributed by atoms with Crippen LogP contribution in [0.15, 0.2) is 36.7 Å². The number of esters is 1. The van der Waals surface area contributed by atoms with E-state index in [2.05, 4.69) is 4.98 Å². The molecule has 0 radical (unpaired) electrons. The van der Waals surface area contributed by atoms with Crippen molar-refractivity contribution in [2.24, 2.45) is 0 Å². The molecule has 1 heterocycles. The fourth-order valence-corrected chi connectivity index (χ4v) is 2.96. The summed E-state index contributed by atoms with van der Waals surface area (Å²) < 4.78 is 21.0. The highest BCUT2D eigenvalue weighted by Gasteiger charge is 2.46. The first-order valence-corrected chi connectivity index (χ1v) is 7.96. The number of carbonyl (C=O) groups is 2. The third-order valence-electron chi connectivity index (χ3n) is 4.73. The predicted molar refractivity (Wildman–Crippen MR) is 85.1 cm³/mol. The van der Waals surface area contributed by atoms with Crippen LogP contribution in [0.1, 0.15) is 55.2 Å². The van der Waals surface area contributed by atoms with Gasteiger partial charge in [-0.05, 0) is 38.7 Å². The first-order valence-electron chi connectivity index (χ1n) is 7.96. The second-order valence-electron chi connectivity index (χ2n) is 6.17. The molecule has 126 valence electrons. The van der Waals surface area contributed by atoms with Crippen molar-refractivity contribution >= 4 is 11.8 Å². The fourth-order valence-electron chi connectivity index (χ4n) is 2.96. The molecule has 1 saturated carbocycles. The molecule has 0 unspecified atom stereocenters. The second-order valence-corrected chi connectivity index (χ2v) is 6.17. The number of rotatable bonds is 5. The highest BCUT2D eigenvalue weighted by Crippen LogP contribution is 2.37. The Morgan fingerprint density at radius 2 is 1.96 bits per heavy atom. The summed E-state index contributed by atoms with van der Waals surface area (Å²) in [4.78, 5) is 27.9. The topological polar surface area (TPSA) is 61.2 Å². The van der Waals surface area contributed by atoms with Crippen molar-refractivity contribution in [2.75, 3.05) is 0 Å². The van der Waals surface area contributed by atoms with Crippen LogP contribution in [0.25, 0.3) is 0 Å². The average Bonchev–Trinajstić information content (AvgIpc) is 2.92. The quantitative estimate of drug-likeness (QED) is 0.789. The zero-order valence-corrected chi connectivity index (χ0v) is 13.7. The first kappa shape index (κ1) is 16.4. The molecular weight excluding hydrogens is 311 g/mol. The number of carbonyl (C=O) groups excluding carboxylic acids is 2. The van der Waals surface area contributed by atoms with E-state index >= 15 is 0 Å². The smallest absolute Gasteiger partial charge is 0.360 e. The summed E-state index contributed by atoms with van der Waals surface area (Å²) in [6.07, 6.45) is 3.07. The first-order chi connectivity index (χ1) is 11.4. The molecule has 0 amide bonds. The van der Waals surface area contributed by atoms with Crippen LogP contribution < -0.4 is 0 Å². The minimum atomic E-state index is -1.10. The van der Waals surface area contributed by atoms with Crippen LogP contribution in [-0.2, 0) is 9.53 Å². The van der Waals surface area contributed by atoms with Gasteiger partial charge in [0.25, 0.3) is 0 Å². The van der Waals surface area contributed by atoms with Gasteiger partial charge >= 0.3 is 5.97 Å². The molecular formula is C18H19FN2O3. The molecule has 1 fully saturated rings. The standard InChI is InChI=1S/C18H19FN2O3/c1-12(14-7-4-3-5-8-14)21-11-20-16(19)15(21)17(23)24-18(13(2)22)9-6-10-18/h3-5,7-8,11-12H,6,9-10H2,1-2H3/t12-/m1/s1. The number of ether oxygens (including phenoxy) is 1. The Labute approximate surface area is 139 Å². The minimum absolute atomic E-state index is 0.204. The van der Waals surface area contributed by atoms with Gasteiger partial charge in [0.1, 0.15) is 0 Å². The van der Waals surface area contributed by atoms with E-state index in [1.54, 1.807) is 0 Å². The molecule has 0 saturated heterocycles. The monoisotopic (exact) mass is 330 g/mol. The minimum Gasteiger partial charge on any atom is -0.446 e. The lowest BCUT2D eigenvalue weighted by Crippen LogP contribution is -2.48. The lowest BCUT2D eigenvalue weighted by Gasteiger charge is -2.38. The van der Waals surface area contributed by atoms with Crippen molar-refractivity contribution in [1.29, 1.82) is 0 Å². The van der Waals surface area contributed by atoms with Crippen LogP contribution in [0.5, 0.6) is 0 Å². The Morgan fingerprint density at radius 1 is 1.29 bits per heavy atom. The lowest BCUT2D eigenvalue weighted by molar-refractivity contribution is -0.145. The van der Waals surface area contributed by atoms with Gasteiger partial charge in [0.2, 0.25) is 5.95 Å². The van der Waals surface area contributed by atoms with Crippen molar-refractivity contribution in [3.8, 4) is 0 Å². The fraction of sp³-hybridized carbons (Fsp3) is 0.389. The number of nitrogens with zero attached hydrogens (tertiary/aromatic N) is 2. The number of halogens is 1. The van der Waals surface area contributed by atoms with Crippen LogP contribution in [0.2, 0.25) is 0 Å². The van der Waals surface area contributed by atoms with Crippen LogP contribution in [0.4, 0.5) is 4.39 Å². The summed E-state index contributed by atoms with van der Waals surface area (Å²) in [6.45, 7) is 3.24. The second kappa shape index (κ2) is 6.19. The Bertz CT molecular complexity index is 766. The van der Waals surface area contributed by atoms with E-state index in [1.807, 2.05) is 37.3 Å². The lowest BCUT2D eigenvalue weighted by atomic mass is 9.77. The number of ketones is 1. The predicted octanol–water partition coefficient (Wildman–Crippen LogP) is 3.30. The van der Waals surface area contributed by atoms with E-state index in [0.29, 0.717) is 12.8 Å². The molecule has 0 spiro atoms. The van der Waals surface area contributed by atoms with Crippen molar-refractivity contribution < 1.29 is 18.7 Å². The van der Waals surface area contributed by atoms with Crippen LogP contribution in [0, 0.1) is 5.95 Å². The zero-order valence-electron chi connectivity index (χ0n) is 13.7. The summed E-state index contributed by atoms with van der Waals surface area (Å²) in [6, 6.07) is 9.11. The molecule has 0 N–H and O–H groups in total. The Morgan fingerprint density at radius 3 is 2.50 bits per heavy atom. The number of Topliss-reactive ketones (excluding diaryl/α,β-unsaturated/α-hetero) is 1. The maximum atomic E-state index is 14.1. The molecule has 2 aromatic rings. The van der Waals surface area contributed by atoms with Crippen LogP contribution in [-0.4, -0.2) is 26.9 Å². The zero-order chi connectivity index (χ0) is 17.3.